The monoisotopic (exact) mass is 235 g/mol. The Morgan fingerprint density at radius 1 is 0.647 bits per heavy atom. The van der Waals surface area contributed by atoms with E-state index in [1.807, 2.05) is 0 Å². The van der Waals surface area contributed by atoms with Crippen molar-refractivity contribution in [2.24, 2.45) is 0 Å². The molecule has 1 aromatic carbocycles. The predicted molar refractivity (Wildman–Crippen MR) is 72.3 cm³/mol. The first-order valence-electron chi connectivity index (χ1n) is 6.16. The lowest BCUT2D eigenvalue weighted by molar-refractivity contribution is 0.545. The average molecular weight is 235 g/mol. The first-order valence-corrected chi connectivity index (χ1v) is 6.16. The third kappa shape index (κ3) is 4.22. The molecule has 0 aromatic heterocycles. The highest BCUT2D eigenvalue weighted by atomic mass is 15.1. The van der Waals surface area contributed by atoms with Crippen LogP contribution in [0.25, 0.3) is 0 Å². The largest absolute Gasteiger partial charge is 0.382 e. The Morgan fingerprint density at radius 3 is 1.71 bits per heavy atom. The molecular weight excluding hydrogens is 214 g/mol. The second kappa shape index (κ2) is 7.11. The maximum absolute atomic E-state index is 3.43. The summed E-state index contributed by atoms with van der Waals surface area (Å²) in [5.74, 6) is 0. The fourth-order valence-corrected chi connectivity index (χ4v) is 1.78. The van der Waals surface area contributed by atoms with Crippen molar-refractivity contribution in [3.63, 3.8) is 0 Å². The Balaban J connectivity index is 1.95. The standard InChI is InChI=1S/C12H21N5/c1-2-4-12-11(3-1)16-7-5-13-9-15-10-14-6-8-17-12/h1-4,13-17H,5-10H2. The van der Waals surface area contributed by atoms with E-state index in [-0.39, 0.29) is 0 Å². The SMILES string of the molecule is c1ccc2c(c1)NCCNCNCNCCN2. The summed E-state index contributed by atoms with van der Waals surface area (Å²) in [6, 6.07) is 8.32. The van der Waals surface area contributed by atoms with Crippen LogP contribution in [0.2, 0.25) is 0 Å². The van der Waals surface area contributed by atoms with E-state index in [4.69, 9.17) is 0 Å². The number of benzene rings is 1. The van der Waals surface area contributed by atoms with E-state index in [0.717, 1.165) is 39.5 Å². The summed E-state index contributed by atoms with van der Waals surface area (Å²) in [5, 5.41) is 16.8. The van der Waals surface area contributed by atoms with Crippen LogP contribution in [0.1, 0.15) is 0 Å². The molecule has 17 heavy (non-hydrogen) atoms. The summed E-state index contributed by atoms with van der Waals surface area (Å²) in [6.07, 6.45) is 0. The minimum atomic E-state index is 0.837. The van der Waals surface area contributed by atoms with Crippen LogP contribution in [0.4, 0.5) is 11.4 Å². The van der Waals surface area contributed by atoms with Crippen LogP contribution in [-0.2, 0) is 0 Å². The molecule has 94 valence electrons. The van der Waals surface area contributed by atoms with Crippen molar-refractivity contribution in [1.29, 1.82) is 0 Å². The number of hydrogen-bond donors (Lipinski definition) is 5. The van der Waals surface area contributed by atoms with Crippen LogP contribution in [-0.4, -0.2) is 39.5 Å². The molecule has 0 atom stereocenters. The Hall–Kier alpha value is -1.30. The molecule has 1 aliphatic rings. The van der Waals surface area contributed by atoms with Gasteiger partial charge in [0.2, 0.25) is 0 Å². The highest BCUT2D eigenvalue weighted by Crippen LogP contribution is 2.19. The van der Waals surface area contributed by atoms with E-state index >= 15 is 0 Å². The topological polar surface area (TPSA) is 60.1 Å². The predicted octanol–water partition coefficient (Wildman–Crippen LogP) is 0.208. The molecule has 0 aliphatic carbocycles. The maximum Gasteiger partial charge on any atom is 0.0576 e. The van der Waals surface area contributed by atoms with Gasteiger partial charge in [0.25, 0.3) is 0 Å². The fourth-order valence-electron chi connectivity index (χ4n) is 1.78. The van der Waals surface area contributed by atoms with Gasteiger partial charge in [-0.1, -0.05) is 12.1 Å². The van der Waals surface area contributed by atoms with Crippen LogP contribution in [0.5, 0.6) is 0 Å². The molecule has 0 spiro atoms. The van der Waals surface area contributed by atoms with Crippen LogP contribution in [0.15, 0.2) is 24.3 Å². The quantitative estimate of drug-likeness (QED) is 0.445. The highest BCUT2D eigenvalue weighted by molar-refractivity contribution is 5.68. The molecule has 0 amide bonds. The van der Waals surface area contributed by atoms with Crippen LogP contribution in [0, 0.1) is 0 Å². The van der Waals surface area contributed by atoms with Crippen molar-refractivity contribution < 1.29 is 0 Å². The van der Waals surface area contributed by atoms with E-state index in [0.29, 0.717) is 0 Å². The summed E-state index contributed by atoms with van der Waals surface area (Å²) >= 11 is 0. The minimum Gasteiger partial charge on any atom is -0.382 e. The molecule has 0 saturated carbocycles. The molecule has 5 heteroatoms. The zero-order valence-corrected chi connectivity index (χ0v) is 10.1. The summed E-state index contributed by atoms with van der Waals surface area (Å²) in [4.78, 5) is 0. The van der Waals surface area contributed by atoms with Gasteiger partial charge in [-0.3, -0.25) is 5.32 Å². The molecule has 1 aromatic rings. The smallest absolute Gasteiger partial charge is 0.0576 e. The van der Waals surface area contributed by atoms with Crippen molar-refractivity contribution in [3.05, 3.63) is 24.3 Å². The molecular formula is C12H21N5. The Bertz CT molecular complexity index is 297. The number of anilines is 2. The molecule has 0 fully saturated rings. The molecule has 2 rings (SSSR count). The Labute approximate surface area is 102 Å². The zero-order valence-electron chi connectivity index (χ0n) is 10.1. The molecule has 0 saturated heterocycles. The van der Waals surface area contributed by atoms with Crippen molar-refractivity contribution in [3.8, 4) is 0 Å². The highest BCUT2D eigenvalue weighted by Gasteiger charge is 2.00. The summed E-state index contributed by atoms with van der Waals surface area (Å²) in [7, 11) is 0. The first-order chi connectivity index (χ1) is 8.47. The number of fused-ring (bicyclic) bond motifs is 1. The van der Waals surface area contributed by atoms with Crippen LogP contribution in [0.3, 0.4) is 0 Å². The molecule has 0 radical (unpaired) electrons. The molecule has 0 bridgehead atoms. The fraction of sp³-hybridized carbons (Fsp3) is 0.500. The lowest BCUT2D eigenvalue weighted by atomic mass is 10.2. The third-order valence-corrected chi connectivity index (χ3v) is 2.66. The van der Waals surface area contributed by atoms with Crippen molar-refractivity contribution in [2.75, 3.05) is 50.1 Å². The molecule has 5 nitrogen and oxygen atoms in total. The van der Waals surface area contributed by atoms with E-state index in [1.165, 1.54) is 11.4 Å². The number of rotatable bonds is 0. The van der Waals surface area contributed by atoms with Gasteiger partial charge in [-0.15, -0.1) is 0 Å². The summed E-state index contributed by atoms with van der Waals surface area (Å²) in [6.45, 7) is 5.41. The van der Waals surface area contributed by atoms with Gasteiger partial charge in [-0.2, -0.15) is 0 Å². The number of hydrogen-bond acceptors (Lipinski definition) is 5. The zero-order chi connectivity index (χ0) is 11.8. The van der Waals surface area contributed by atoms with Gasteiger partial charge in [0.05, 0.1) is 11.4 Å². The molecule has 1 heterocycles. The van der Waals surface area contributed by atoms with E-state index in [1.54, 1.807) is 0 Å². The number of nitrogens with one attached hydrogen (secondary N) is 5. The van der Waals surface area contributed by atoms with Gasteiger partial charge in [-0.25, -0.2) is 0 Å². The lowest BCUT2D eigenvalue weighted by Gasteiger charge is -2.13. The van der Waals surface area contributed by atoms with Gasteiger partial charge in [0.15, 0.2) is 0 Å². The number of para-hydroxylation sites is 2. The van der Waals surface area contributed by atoms with Gasteiger partial charge < -0.3 is 21.3 Å². The van der Waals surface area contributed by atoms with E-state index in [2.05, 4.69) is 50.8 Å². The average Bonchev–Trinajstić information content (AvgIpc) is 2.38. The van der Waals surface area contributed by atoms with E-state index in [9.17, 15) is 0 Å². The molecule has 1 aliphatic heterocycles. The van der Waals surface area contributed by atoms with Crippen LogP contribution < -0.4 is 26.6 Å². The minimum absolute atomic E-state index is 0.837. The van der Waals surface area contributed by atoms with Gasteiger partial charge >= 0.3 is 0 Å². The molecule has 0 unspecified atom stereocenters. The summed E-state index contributed by atoms with van der Waals surface area (Å²) in [5.41, 5.74) is 2.34. The molecule has 5 N–H and O–H groups in total. The van der Waals surface area contributed by atoms with Crippen molar-refractivity contribution in [1.82, 2.24) is 16.0 Å². The van der Waals surface area contributed by atoms with Gasteiger partial charge in [-0.05, 0) is 12.1 Å². The second-order valence-electron chi connectivity index (χ2n) is 4.00. The summed E-state index contributed by atoms with van der Waals surface area (Å²) < 4.78 is 0. The van der Waals surface area contributed by atoms with Gasteiger partial charge in [0, 0.05) is 39.5 Å². The van der Waals surface area contributed by atoms with Crippen LogP contribution >= 0.6 is 0 Å². The van der Waals surface area contributed by atoms with Crippen molar-refractivity contribution >= 4 is 11.4 Å². The van der Waals surface area contributed by atoms with Crippen molar-refractivity contribution in [2.45, 2.75) is 0 Å². The third-order valence-electron chi connectivity index (χ3n) is 2.66. The Morgan fingerprint density at radius 2 is 1.18 bits per heavy atom. The van der Waals surface area contributed by atoms with E-state index < -0.39 is 0 Å². The Kier molecular flexibility index (Phi) is 5.09. The lowest BCUT2D eigenvalue weighted by Crippen LogP contribution is -2.38. The van der Waals surface area contributed by atoms with Gasteiger partial charge in [0.1, 0.15) is 0 Å². The second-order valence-corrected chi connectivity index (χ2v) is 4.00. The maximum atomic E-state index is 3.43. The first kappa shape index (κ1) is 12.2. The normalized spacial score (nSPS) is 18.6.